The van der Waals surface area contributed by atoms with Gasteiger partial charge in [0.2, 0.25) is 0 Å². The van der Waals surface area contributed by atoms with E-state index in [1.165, 1.54) is 143 Å². The molecule has 73 heavy (non-hydrogen) atoms. The summed E-state index contributed by atoms with van der Waals surface area (Å²) in [5, 5.41) is 12.6. The van der Waals surface area contributed by atoms with Crippen molar-refractivity contribution in [3.63, 3.8) is 0 Å². The molecule has 0 bridgehead atoms. The molecular formula is C70H43BN2. The van der Waals surface area contributed by atoms with E-state index in [9.17, 15) is 0 Å². The second-order valence-corrected chi connectivity index (χ2v) is 19.9. The summed E-state index contributed by atoms with van der Waals surface area (Å²) < 4.78 is 2.73. The third-order valence-electron chi connectivity index (χ3n) is 16.0. The highest BCUT2D eigenvalue weighted by Crippen LogP contribution is 2.52. The molecule has 0 N–H and O–H groups in total. The van der Waals surface area contributed by atoms with Gasteiger partial charge in [-0.05, 0) is 147 Å². The highest BCUT2D eigenvalue weighted by molar-refractivity contribution is 6.90. The average molecular weight is 923 g/mol. The van der Waals surface area contributed by atoms with E-state index in [0.29, 0.717) is 0 Å². The van der Waals surface area contributed by atoms with E-state index in [2.05, 4.69) is 270 Å². The number of anilines is 3. The number of para-hydroxylation sites is 1. The van der Waals surface area contributed by atoms with Crippen LogP contribution in [0.5, 0.6) is 0 Å². The van der Waals surface area contributed by atoms with Crippen molar-refractivity contribution in [2.24, 2.45) is 0 Å². The van der Waals surface area contributed by atoms with Crippen molar-refractivity contribution in [1.82, 2.24) is 4.48 Å². The molecule has 3 heteroatoms. The number of hydrogen-bond donors (Lipinski definition) is 0. The second-order valence-electron chi connectivity index (χ2n) is 19.9. The molecule has 0 saturated heterocycles. The molecule has 14 aromatic rings. The van der Waals surface area contributed by atoms with Gasteiger partial charge in [0.25, 0.3) is 0 Å². The van der Waals surface area contributed by atoms with Gasteiger partial charge in [0.05, 0.1) is 0 Å². The van der Waals surface area contributed by atoms with E-state index in [-0.39, 0.29) is 6.85 Å². The first kappa shape index (κ1) is 40.3. The summed E-state index contributed by atoms with van der Waals surface area (Å²) in [6, 6.07) is 97.7. The molecule has 0 atom stereocenters. The predicted octanol–water partition coefficient (Wildman–Crippen LogP) is 17.5. The Labute approximate surface area is 423 Å². The Hall–Kier alpha value is -9.44. The zero-order valence-electron chi connectivity index (χ0n) is 39.8. The van der Waals surface area contributed by atoms with Crippen LogP contribution < -0.4 is 15.8 Å². The van der Waals surface area contributed by atoms with Gasteiger partial charge >= 0.3 is 6.85 Å². The molecule has 2 nitrogen and oxygen atoms in total. The molecule has 0 aliphatic carbocycles. The molecule has 0 fully saturated rings. The van der Waals surface area contributed by atoms with Gasteiger partial charge < -0.3 is 9.38 Å². The highest BCUT2D eigenvalue weighted by Gasteiger charge is 2.44. The average Bonchev–Trinajstić information content (AvgIpc) is 3.81. The first-order valence-corrected chi connectivity index (χ1v) is 25.4. The lowest BCUT2D eigenvalue weighted by atomic mass is 9.44. The first-order valence-electron chi connectivity index (χ1n) is 25.4. The van der Waals surface area contributed by atoms with Gasteiger partial charge in [-0.15, -0.1) is 0 Å². The SMILES string of the molecule is c1ccc(-c2cc(-c3ccccc3)cc(N3c4cc5c(-c6ccccc6)c6ccccc6c(-c6ccccc6)c5cc4B4c5c3cc3ccccc3c5-c3cc5ccccc5c5c6ccccc6n4c35)c2)cc1. The number of fused-ring (bicyclic) bond motifs is 13. The van der Waals surface area contributed by atoms with Gasteiger partial charge in [0.1, 0.15) is 0 Å². The van der Waals surface area contributed by atoms with Crippen molar-refractivity contribution in [3.05, 3.63) is 261 Å². The zero-order valence-corrected chi connectivity index (χ0v) is 39.8. The molecule has 0 spiro atoms. The Balaban J connectivity index is 1.14. The number of rotatable bonds is 5. The van der Waals surface area contributed by atoms with Crippen molar-refractivity contribution in [2.75, 3.05) is 4.90 Å². The molecule has 3 heterocycles. The Kier molecular flexibility index (Phi) is 8.58. The third kappa shape index (κ3) is 5.82. The van der Waals surface area contributed by atoms with Crippen LogP contribution in [0, 0.1) is 0 Å². The van der Waals surface area contributed by atoms with Crippen LogP contribution >= 0.6 is 0 Å². The normalized spacial score (nSPS) is 12.6. The van der Waals surface area contributed by atoms with Crippen LogP contribution in [0.25, 0.3) is 121 Å². The van der Waals surface area contributed by atoms with Gasteiger partial charge in [0, 0.05) is 44.4 Å². The second kappa shape index (κ2) is 15.5. The molecule has 16 rings (SSSR count). The van der Waals surface area contributed by atoms with Crippen LogP contribution in [0.1, 0.15) is 0 Å². The highest BCUT2D eigenvalue weighted by atomic mass is 15.2. The molecular weight excluding hydrogens is 880 g/mol. The standard InChI is InChI=1S/C70H43BN2/c1-5-21-44(22-6-1)50-37-51(45-23-7-2-8-24-45)39-52(38-50)72-63-43-59-58(65(46-25-9-3-10-26-46)55-33-17-18-34-56(55)66(59)47-27-11-4-12-28-47)42-61(63)71-69-64(72)41-49-30-14-15-31-53(49)67(69)60-40-48-29-13-16-32-54(48)68-57-35-19-20-36-62(57)73(71)70(60)68/h1-43H. The van der Waals surface area contributed by atoms with Gasteiger partial charge in [-0.2, -0.15) is 0 Å². The van der Waals surface area contributed by atoms with Crippen molar-refractivity contribution >= 4 is 99.7 Å². The lowest BCUT2D eigenvalue weighted by Crippen LogP contribution is -2.56. The fraction of sp³-hybridized carbons (Fsp3) is 0. The summed E-state index contributed by atoms with van der Waals surface area (Å²) in [5.74, 6) is 0. The molecule has 1 aromatic heterocycles. The van der Waals surface area contributed by atoms with Crippen LogP contribution in [0.2, 0.25) is 0 Å². The Morgan fingerprint density at radius 3 is 1.38 bits per heavy atom. The van der Waals surface area contributed by atoms with E-state index in [4.69, 9.17) is 0 Å². The van der Waals surface area contributed by atoms with Crippen molar-refractivity contribution in [2.45, 2.75) is 0 Å². The molecule has 2 aliphatic rings. The predicted molar refractivity (Wildman–Crippen MR) is 312 cm³/mol. The van der Waals surface area contributed by atoms with Crippen molar-refractivity contribution < 1.29 is 0 Å². The van der Waals surface area contributed by atoms with E-state index >= 15 is 0 Å². The zero-order chi connectivity index (χ0) is 47.7. The van der Waals surface area contributed by atoms with Crippen LogP contribution in [-0.4, -0.2) is 11.3 Å². The fourth-order valence-corrected chi connectivity index (χ4v) is 13.1. The lowest BCUT2D eigenvalue weighted by Gasteiger charge is -2.41. The maximum Gasteiger partial charge on any atom is 0.333 e. The van der Waals surface area contributed by atoms with Crippen LogP contribution in [0.4, 0.5) is 17.1 Å². The van der Waals surface area contributed by atoms with Crippen LogP contribution in [0.15, 0.2) is 261 Å². The van der Waals surface area contributed by atoms with E-state index in [1.54, 1.807) is 0 Å². The first-order chi connectivity index (χ1) is 36.2. The minimum absolute atomic E-state index is 0.164. The quantitative estimate of drug-likeness (QED) is 0.123. The minimum atomic E-state index is -0.164. The number of aromatic nitrogens is 1. The molecule has 0 saturated carbocycles. The van der Waals surface area contributed by atoms with Gasteiger partial charge in [0.15, 0.2) is 0 Å². The van der Waals surface area contributed by atoms with Crippen molar-refractivity contribution in [3.8, 4) is 55.6 Å². The summed E-state index contributed by atoms with van der Waals surface area (Å²) in [5.41, 5.74) is 20.9. The lowest BCUT2D eigenvalue weighted by molar-refractivity contribution is 1.26. The molecule has 0 radical (unpaired) electrons. The Morgan fingerprint density at radius 1 is 0.301 bits per heavy atom. The maximum absolute atomic E-state index is 2.73. The van der Waals surface area contributed by atoms with Gasteiger partial charge in [-0.3, -0.25) is 0 Å². The maximum atomic E-state index is 2.73. The number of nitrogens with zero attached hydrogens (tertiary/aromatic N) is 2. The van der Waals surface area contributed by atoms with Crippen LogP contribution in [-0.2, 0) is 0 Å². The summed E-state index contributed by atoms with van der Waals surface area (Å²) in [7, 11) is 0. The number of hydrogen-bond acceptors (Lipinski definition) is 1. The smallest absolute Gasteiger partial charge is 0.333 e. The molecule has 336 valence electrons. The fourth-order valence-electron chi connectivity index (χ4n) is 13.1. The summed E-state index contributed by atoms with van der Waals surface area (Å²) in [4.78, 5) is 2.64. The molecule has 0 unspecified atom stereocenters. The van der Waals surface area contributed by atoms with E-state index < -0.39 is 0 Å². The van der Waals surface area contributed by atoms with E-state index in [0.717, 1.165) is 5.69 Å². The minimum Gasteiger partial charge on any atom is -0.375 e. The Morgan fingerprint density at radius 2 is 0.781 bits per heavy atom. The molecule has 13 aromatic carbocycles. The van der Waals surface area contributed by atoms with E-state index in [1.807, 2.05) is 0 Å². The third-order valence-corrected chi connectivity index (χ3v) is 16.0. The molecule has 2 aliphatic heterocycles. The van der Waals surface area contributed by atoms with Crippen molar-refractivity contribution in [1.29, 1.82) is 0 Å². The topological polar surface area (TPSA) is 8.17 Å². The number of benzene rings is 13. The Bertz CT molecular complexity index is 4540. The summed E-state index contributed by atoms with van der Waals surface area (Å²) in [6.07, 6.45) is 0. The molecule has 0 amide bonds. The largest absolute Gasteiger partial charge is 0.375 e. The van der Waals surface area contributed by atoms with Gasteiger partial charge in [-0.1, -0.05) is 218 Å². The van der Waals surface area contributed by atoms with Gasteiger partial charge in [-0.25, -0.2) is 0 Å². The monoisotopic (exact) mass is 922 g/mol. The summed E-state index contributed by atoms with van der Waals surface area (Å²) in [6.45, 7) is -0.164. The summed E-state index contributed by atoms with van der Waals surface area (Å²) >= 11 is 0. The van der Waals surface area contributed by atoms with Crippen LogP contribution in [0.3, 0.4) is 0 Å².